The van der Waals surface area contributed by atoms with Gasteiger partial charge in [-0.3, -0.25) is 0 Å². The number of sulfone groups is 1. The monoisotopic (exact) mass is 337 g/mol. The number of aromatic nitrogens is 3. The third-order valence-corrected chi connectivity index (χ3v) is 6.86. The number of hydrogen-bond donors (Lipinski definition) is 0. The fourth-order valence-electron chi connectivity index (χ4n) is 2.66. The summed E-state index contributed by atoms with van der Waals surface area (Å²) < 4.78 is 25.1. The number of hydrogen-bond acceptors (Lipinski definition) is 5. The molecule has 0 N–H and O–H groups in total. The van der Waals surface area contributed by atoms with Crippen molar-refractivity contribution in [2.45, 2.75) is 23.8 Å². The quantitative estimate of drug-likeness (QED) is 0.782. The van der Waals surface area contributed by atoms with Crippen LogP contribution in [0.1, 0.15) is 17.8 Å². The molecule has 0 aliphatic carbocycles. The van der Waals surface area contributed by atoms with Gasteiger partial charge in [0.1, 0.15) is 5.82 Å². The van der Waals surface area contributed by atoms with Crippen LogP contribution >= 0.6 is 11.8 Å². The lowest BCUT2D eigenvalue weighted by Crippen LogP contribution is -2.11. The van der Waals surface area contributed by atoms with Crippen LogP contribution in [-0.4, -0.2) is 34.7 Å². The van der Waals surface area contributed by atoms with E-state index in [4.69, 9.17) is 0 Å². The zero-order valence-corrected chi connectivity index (χ0v) is 14.1. The van der Waals surface area contributed by atoms with Gasteiger partial charge in [0.05, 0.1) is 11.5 Å². The van der Waals surface area contributed by atoms with Gasteiger partial charge < -0.3 is 4.57 Å². The van der Waals surface area contributed by atoms with Crippen LogP contribution in [0.5, 0.6) is 0 Å². The maximum Gasteiger partial charge on any atom is 0.191 e. The molecule has 1 aliphatic rings. The minimum absolute atomic E-state index is 0.180. The van der Waals surface area contributed by atoms with Crippen LogP contribution in [0.3, 0.4) is 0 Å². The van der Waals surface area contributed by atoms with E-state index in [0.29, 0.717) is 12.2 Å². The largest absolute Gasteiger partial charge is 0.309 e. The number of benzene rings is 1. The van der Waals surface area contributed by atoms with Gasteiger partial charge in [-0.1, -0.05) is 42.1 Å². The van der Waals surface area contributed by atoms with Crippen molar-refractivity contribution in [1.29, 1.82) is 0 Å². The highest BCUT2D eigenvalue weighted by atomic mass is 32.2. The van der Waals surface area contributed by atoms with Crippen LogP contribution in [-0.2, 0) is 29.1 Å². The van der Waals surface area contributed by atoms with Crippen molar-refractivity contribution < 1.29 is 8.42 Å². The van der Waals surface area contributed by atoms with Crippen molar-refractivity contribution in [3.63, 3.8) is 0 Å². The normalized spacial score (nSPS) is 20.3. The third kappa shape index (κ3) is 3.70. The SMILES string of the molecule is Cn1c(C[C@H]2CCS(=O)(=O)C2)nnc1SCc1ccccc1. The average Bonchev–Trinajstić information content (AvgIpc) is 3.02. The average molecular weight is 337 g/mol. The zero-order valence-electron chi connectivity index (χ0n) is 12.5. The Labute approximate surface area is 135 Å². The van der Waals surface area contributed by atoms with Crippen molar-refractivity contribution in [3.05, 3.63) is 41.7 Å². The molecule has 7 heteroatoms. The van der Waals surface area contributed by atoms with Gasteiger partial charge in [0.25, 0.3) is 0 Å². The van der Waals surface area contributed by atoms with E-state index in [2.05, 4.69) is 22.3 Å². The first-order chi connectivity index (χ1) is 10.5. The third-order valence-electron chi connectivity index (χ3n) is 3.93. The van der Waals surface area contributed by atoms with Crippen LogP contribution in [0.4, 0.5) is 0 Å². The van der Waals surface area contributed by atoms with Crippen molar-refractivity contribution in [2.75, 3.05) is 11.5 Å². The molecule has 0 amide bonds. The minimum atomic E-state index is -2.83. The Morgan fingerprint density at radius 3 is 2.73 bits per heavy atom. The molecule has 1 saturated heterocycles. The summed E-state index contributed by atoms with van der Waals surface area (Å²) in [5, 5.41) is 9.35. The Balaban J connectivity index is 1.62. The predicted octanol–water partition coefficient (Wildman–Crippen LogP) is 2.08. The second-order valence-electron chi connectivity index (χ2n) is 5.71. The van der Waals surface area contributed by atoms with Gasteiger partial charge in [0.2, 0.25) is 0 Å². The summed E-state index contributed by atoms with van der Waals surface area (Å²) in [6, 6.07) is 10.2. The van der Waals surface area contributed by atoms with E-state index in [9.17, 15) is 8.42 Å². The lowest BCUT2D eigenvalue weighted by Gasteiger charge is -2.07. The molecule has 2 aromatic rings. The molecule has 1 atom stereocenters. The minimum Gasteiger partial charge on any atom is -0.309 e. The Morgan fingerprint density at radius 1 is 1.27 bits per heavy atom. The molecule has 0 radical (unpaired) electrons. The second-order valence-corrected chi connectivity index (χ2v) is 8.88. The highest BCUT2D eigenvalue weighted by Crippen LogP contribution is 2.25. The van der Waals surface area contributed by atoms with Gasteiger partial charge in [-0.2, -0.15) is 0 Å². The molecule has 0 saturated carbocycles. The van der Waals surface area contributed by atoms with E-state index in [1.807, 2.05) is 29.8 Å². The zero-order chi connectivity index (χ0) is 15.6. The molecule has 22 heavy (non-hydrogen) atoms. The van der Waals surface area contributed by atoms with E-state index in [0.717, 1.165) is 23.2 Å². The number of rotatable bonds is 5. The van der Waals surface area contributed by atoms with E-state index in [1.165, 1.54) is 5.56 Å². The summed E-state index contributed by atoms with van der Waals surface area (Å²) in [4.78, 5) is 0. The highest BCUT2D eigenvalue weighted by Gasteiger charge is 2.29. The summed E-state index contributed by atoms with van der Waals surface area (Å²) in [7, 11) is -0.880. The van der Waals surface area contributed by atoms with E-state index in [1.54, 1.807) is 11.8 Å². The fourth-order valence-corrected chi connectivity index (χ4v) is 5.41. The first-order valence-corrected chi connectivity index (χ1v) is 10.1. The van der Waals surface area contributed by atoms with Crippen LogP contribution in [0.15, 0.2) is 35.5 Å². The lowest BCUT2D eigenvalue weighted by atomic mass is 10.1. The molecule has 0 spiro atoms. The first-order valence-electron chi connectivity index (χ1n) is 7.29. The second kappa shape index (κ2) is 6.42. The van der Waals surface area contributed by atoms with Gasteiger partial charge in [-0.15, -0.1) is 10.2 Å². The van der Waals surface area contributed by atoms with Crippen molar-refractivity contribution in [2.24, 2.45) is 13.0 Å². The van der Waals surface area contributed by atoms with E-state index < -0.39 is 9.84 Å². The molecule has 5 nitrogen and oxygen atoms in total. The molecule has 118 valence electrons. The van der Waals surface area contributed by atoms with Crippen LogP contribution < -0.4 is 0 Å². The van der Waals surface area contributed by atoms with Crippen LogP contribution in [0.2, 0.25) is 0 Å². The maximum atomic E-state index is 11.5. The summed E-state index contributed by atoms with van der Waals surface area (Å²) in [6.07, 6.45) is 1.43. The highest BCUT2D eigenvalue weighted by molar-refractivity contribution is 7.98. The molecule has 0 bridgehead atoms. The van der Waals surface area contributed by atoms with Gasteiger partial charge in [0.15, 0.2) is 15.0 Å². The fraction of sp³-hybridized carbons (Fsp3) is 0.467. The van der Waals surface area contributed by atoms with Gasteiger partial charge in [0, 0.05) is 19.2 Å². The van der Waals surface area contributed by atoms with Crippen LogP contribution in [0, 0.1) is 5.92 Å². The summed E-state index contributed by atoms with van der Waals surface area (Å²) in [5.41, 5.74) is 1.25. The summed E-state index contributed by atoms with van der Waals surface area (Å²) in [6.45, 7) is 0. The molecular formula is C15H19N3O2S2. The molecular weight excluding hydrogens is 318 g/mol. The summed E-state index contributed by atoms with van der Waals surface area (Å²) in [5.74, 6) is 2.50. The van der Waals surface area contributed by atoms with E-state index in [-0.39, 0.29) is 11.7 Å². The van der Waals surface area contributed by atoms with Crippen molar-refractivity contribution in [1.82, 2.24) is 14.8 Å². The molecule has 1 aromatic carbocycles. The van der Waals surface area contributed by atoms with Crippen molar-refractivity contribution >= 4 is 21.6 Å². The Hall–Kier alpha value is -1.34. The standard InChI is InChI=1S/C15H19N3O2S2/c1-18-14(9-13-7-8-22(19,20)11-13)16-17-15(18)21-10-12-5-3-2-4-6-12/h2-6,13H,7-11H2,1H3/t13-/m1/s1. The Morgan fingerprint density at radius 2 is 2.05 bits per heavy atom. The predicted molar refractivity (Wildman–Crippen MR) is 87.5 cm³/mol. The summed E-state index contributed by atoms with van der Waals surface area (Å²) >= 11 is 1.65. The van der Waals surface area contributed by atoms with Crippen molar-refractivity contribution in [3.8, 4) is 0 Å². The Bertz CT molecular complexity index is 741. The molecule has 2 heterocycles. The molecule has 1 aliphatic heterocycles. The van der Waals surface area contributed by atoms with E-state index >= 15 is 0 Å². The van der Waals surface area contributed by atoms with Gasteiger partial charge in [-0.05, 0) is 17.9 Å². The molecule has 3 rings (SSSR count). The molecule has 1 aromatic heterocycles. The smallest absolute Gasteiger partial charge is 0.191 e. The maximum absolute atomic E-state index is 11.5. The lowest BCUT2D eigenvalue weighted by molar-refractivity contribution is 0.552. The molecule has 0 unspecified atom stereocenters. The van der Waals surface area contributed by atoms with Crippen LogP contribution in [0.25, 0.3) is 0 Å². The number of nitrogens with zero attached hydrogens (tertiary/aromatic N) is 3. The Kier molecular flexibility index (Phi) is 4.54. The van der Waals surface area contributed by atoms with Gasteiger partial charge >= 0.3 is 0 Å². The molecule has 1 fully saturated rings. The number of thioether (sulfide) groups is 1. The first kappa shape index (κ1) is 15.6. The topological polar surface area (TPSA) is 64.8 Å². The van der Waals surface area contributed by atoms with Gasteiger partial charge in [-0.25, -0.2) is 8.42 Å².